The summed E-state index contributed by atoms with van der Waals surface area (Å²) >= 11 is 0. The summed E-state index contributed by atoms with van der Waals surface area (Å²) in [5, 5.41) is 3.77. The van der Waals surface area contributed by atoms with Crippen molar-refractivity contribution in [2.75, 3.05) is 32.8 Å². The Morgan fingerprint density at radius 2 is 1.95 bits per heavy atom. The van der Waals surface area contributed by atoms with Crippen LogP contribution in [0, 0.1) is 5.92 Å². The second-order valence-corrected chi connectivity index (χ2v) is 6.44. The molecule has 2 unspecified atom stereocenters. The molecule has 0 amide bonds. The topological polar surface area (TPSA) is 24.5 Å². The molecule has 1 N–H and O–H groups in total. The maximum Gasteiger partial charge on any atom is 0.0594 e. The highest BCUT2D eigenvalue weighted by molar-refractivity contribution is 4.97. The van der Waals surface area contributed by atoms with Gasteiger partial charge < -0.3 is 10.1 Å². The summed E-state index contributed by atoms with van der Waals surface area (Å²) in [5.41, 5.74) is 0.286. The standard InChI is InChI=1S/C16H32N2O/c1-4-16(3,18-10-12-19-13-11-18)15(17-5-2)9-8-14-6-7-14/h14-15,17H,4-13H2,1-3H3. The van der Waals surface area contributed by atoms with Crippen LogP contribution in [-0.4, -0.2) is 49.3 Å². The minimum Gasteiger partial charge on any atom is -0.379 e. The van der Waals surface area contributed by atoms with E-state index in [-0.39, 0.29) is 5.54 Å². The molecule has 2 rings (SSSR count). The van der Waals surface area contributed by atoms with Gasteiger partial charge in [0.1, 0.15) is 0 Å². The molecule has 1 saturated carbocycles. The van der Waals surface area contributed by atoms with Gasteiger partial charge in [-0.2, -0.15) is 0 Å². The van der Waals surface area contributed by atoms with E-state index in [0.717, 1.165) is 38.8 Å². The van der Waals surface area contributed by atoms with Gasteiger partial charge in [0.15, 0.2) is 0 Å². The second-order valence-electron chi connectivity index (χ2n) is 6.44. The van der Waals surface area contributed by atoms with Crippen molar-refractivity contribution >= 4 is 0 Å². The van der Waals surface area contributed by atoms with Crippen LogP contribution in [0.15, 0.2) is 0 Å². The van der Waals surface area contributed by atoms with E-state index in [2.05, 4.69) is 31.0 Å². The fourth-order valence-corrected chi connectivity index (χ4v) is 3.45. The Hall–Kier alpha value is -0.120. The lowest BCUT2D eigenvalue weighted by molar-refractivity contribution is -0.0336. The summed E-state index contributed by atoms with van der Waals surface area (Å²) in [6, 6.07) is 0.626. The van der Waals surface area contributed by atoms with Gasteiger partial charge in [-0.25, -0.2) is 0 Å². The maximum absolute atomic E-state index is 5.53. The quantitative estimate of drug-likeness (QED) is 0.732. The van der Waals surface area contributed by atoms with Gasteiger partial charge in [-0.05, 0) is 38.6 Å². The van der Waals surface area contributed by atoms with Crippen LogP contribution in [-0.2, 0) is 4.74 Å². The molecule has 0 radical (unpaired) electrons. The van der Waals surface area contributed by atoms with E-state index in [1.54, 1.807) is 0 Å². The molecule has 19 heavy (non-hydrogen) atoms. The number of nitrogens with one attached hydrogen (secondary N) is 1. The molecule has 0 spiro atoms. The van der Waals surface area contributed by atoms with E-state index >= 15 is 0 Å². The van der Waals surface area contributed by atoms with Gasteiger partial charge in [0, 0.05) is 24.7 Å². The first-order chi connectivity index (χ1) is 9.20. The number of hydrogen-bond donors (Lipinski definition) is 1. The van der Waals surface area contributed by atoms with Crippen LogP contribution in [0.5, 0.6) is 0 Å². The molecule has 0 aromatic carbocycles. The zero-order chi connectivity index (χ0) is 13.7. The van der Waals surface area contributed by atoms with Gasteiger partial charge in [0.25, 0.3) is 0 Å². The molecule has 0 bridgehead atoms. The monoisotopic (exact) mass is 268 g/mol. The van der Waals surface area contributed by atoms with Crippen molar-refractivity contribution in [1.82, 2.24) is 10.2 Å². The number of nitrogens with zero attached hydrogens (tertiary/aromatic N) is 1. The molecular weight excluding hydrogens is 236 g/mol. The van der Waals surface area contributed by atoms with E-state index in [1.165, 1.54) is 32.1 Å². The van der Waals surface area contributed by atoms with Crippen LogP contribution in [0.3, 0.4) is 0 Å². The molecule has 2 aliphatic rings. The fraction of sp³-hybridized carbons (Fsp3) is 1.00. The number of hydrogen-bond acceptors (Lipinski definition) is 3. The molecule has 0 aromatic heterocycles. The molecule has 1 aliphatic heterocycles. The SMILES string of the molecule is CCNC(CCC1CC1)C(C)(CC)N1CCOCC1. The Morgan fingerprint density at radius 1 is 1.26 bits per heavy atom. The van der Waals surface area contributed by atoms with E-state index in [4.69, 9.17) is 4.74 Å². The summed E-state index contributed by atoms with van der Waals surface area (Å²) in [5.74, 6) is 1.03. The van der Waals surface area contributed by atoms with E-state index in [0.29, 0.717) is 6.04 Å². The van der Waals surface area contributed by atoms with Gasteiger partial charge in [-0.15, -0.1) is 0 Å². The summed E-state index contributed by atoms with van der Waals surface area (Å²) in [4.78, 5) is 2.66. The second kappa shape index (κ2) is 7.05. The van der Waals surface area contributed by atoms with Crippen molar-refractivity contribution in [3.8, 4) is 0 Å². The van der Waals surface area contributed by atoms with Crippen molar-refractivity contribution in [2.24, 2.45) is 5.92 Å². The van der Waals surface area contributed by atoms with Crippen molar-refractivity contribution in [3.63, 3.8) is 0 Å². The lowest BCUT2D eigenvalue weighted by Crippen LogP contribution is -2.61. The number of ether oxygens (including phenoxy) is 1. The van der Waals surface area contributed by atoms with E-state index in [9.17, 15) is 0 Å². The molecule has 1 aliphatic carbocycles. The van der Waals surface area contributed by atoms with E-state index in [1.807, 2.05) is 0 Å². The van der Waals surface area contributed by atoms with Crippen LogP contribution in [0.2, 0.25) is 0 Å². The first kappa shape index (κ1) is 15.3. The Kier molecular flexibility index (Phi) is 5.67. The third-order valence-electron chi connectivity index (χ3n) is 5.21. The molecule has 112 valence electrons. The largest absolute Gasteiger partial charge is 0.379 e. The predicted molar refractivity (Wildman–Crippen MR) is 80.5 cm³/mol. The molecule has 3 nitrogen and oxygen atoms in total. The third-order valence-corrected chi connectivity index (χ3v) is 5.21. The van der Waals surface area contributed by atoms with Crippen molar-refractivity contribution < 1.29 is 4.74 Å². The first-order valence-electron chi connectivity index (χ1n) is 8.27. The Balaban J connectivity index is 1.98. The average Bonchev–Trinajstić information content (AvgIpc) is 3.27. The molecule has 2 fully saturated rings. The maximum atomic E-state index is 5.53. The Bertz CT molecular complexity index is 261. The number of likely N-dealkylation sites (N-methyl/N-ethyl adjacent to an activating group) is 1. The molecule has 3 heteroatoms. The molecular formula is C16H32N2O. The Labute approximate surface area is 119 Å². The zero-order valence-corrected chi connectivity index (χ0v) is 13.1. The molecule has 2 atom stereocenters. The summed E-state index contributed by atoms with van der Waals surface area (Å²) < 4.78 is 5.53. The van der Waals surface area contributed by atoms with Crippen LogP contribution >= 0.6 is 0 Å². The number of rotatable bonds is 8. The van der Waals surface area contributed by atoms with Crippen LogP contribution in [0.4, 0.5) is 0 Å². The van der Waals surface area contributed by atoms with Crippen molar-refractivity contribution in [1.29, 1.82) is 0 Å². The van der Waals surface area contributed by atoms with Gasteiger partial charge in [0.05, 0.1) is 13.2 Å². The minimum atomic E-state index is 0.286. The summed E-state index contributed by atoms with van der Waals surface area (Å²) in [7, 11) is 0. The zero-order valence-electron chi connectivity index (χ0n) is 13.1. The molecule has 0 aromatic rings. The lowest BCUT2D eigenvalue weighted by atomic mass is 9.83. The van der Waals surface area contributed by atoms with E-state index < -0.39 is 0 Å². The normalized spacial score (nSPS) is 26.1. The average molecular weight is 268 g/mol. The fourth-order valence-electron chi connectivity index (χ4n) is 3.45. The smallest absolute Gasteiger partial charge is 0.0594 e. The van der Waals surface area contributed by atoms with Crippen LogP contribution in [0.1, 0.15) is 52.9 Å². The summed E-state index contributed by atoms with van der Waals surface area (Å²) in [6.45, 7) is 12.1. The van der Waals surface area contributed by atoms with Crippen molar-refractivity contribution in [2.45, 2.75) is 64.5 Å². The first-order valence-corrected chi connectivity index (χ1v) is 8.27. The third kappa shape index (κ3) is 3.93. The van der Waals surface area contributed by atoms with Crippen LogP contribution < -0.4 is 5.32 Å². The summed E-state index contributed by atoms with van der Waals surface area (Å²) in [6.07, 6.45) is 6.91. The highest BCUT2D eigenvalue weighted by Crippen LogP contribution is 2.36. The highest BCUT2D eigenvalue weighted by Gasteiger charge is 2.39. The number of morpholine rings is 1. The highest BCUT2D eigenvalue weighted by atomic mass is 16.5. The Morgan fingerprint density at radius 3 is 2.47 bits per heavy atom. The van der Waals surface area contributed by atoms with Crippen molar-refractivity contribution in [3.05, 3.63) is 0 Å². The molecule has 1 heterocycles. The lowest BCUT2D eigenvalue weighted by Gasteiger charge is -2.48. The van der Waals surface area contributed by atoms with Gasteiger partial charge >= 0.3 is 0 Å². The molecule has 1 saturated heterocycles. The predicted octanol–water partition coefficient (Wildman–Crippen LogP) is 2.66. The van der Waals surface area contributed by atoms with Gasteiger partial charge in [-0.1, -0.05) is 26.7 Å². The minimum absolute atomic E-state index is 0.286. The van der Waals surface area contributed by atoms with Gasteiger partial charge in [-0.3, -0.25) is 4.90 Å². The van der Waals surface area contributed by atoms with Gasteiger partial charge in [0.2, 0.25) is 0 Å². The van der Waals surface area contributed by atoms with Crippen LogP contribution in [0.25, 0.3) is 0 Å².